The third-order valence-corrected chi connectivity index (χ3v) is 10.5. The van der Waals surface area contributed by atoms with Crippen molar-refractivity contribution in [3.63, 3.8) is 0 Å². The molecule has 50 heavy (non-hydrogen) atoms. The van der Waals surface area contributed by atoms with Crippen molar-refractivity contribution >= 4 is 27.8 Å². The van der Waals surface area contributed by atoms with E-state index in [-0.39, 0.29) is 5.41 Å². The lowest BCUT2D eigenvalue weighted by Gasteiger charge is -2.28. The Morgan fingerprint density at radius 3 is 1.60 bits per heavy atom. The first-order valence-electron chi connectivity index (χ1n) is 17.4. The standard InChI is InChI=1S/C49H37N/c1-49(2)46-20-12-11-19-44(46)45-32-30-41(33-47(45)49)50(39-26-21-35(22-27-39)34-13-5-3-6-14-34)40-28-23-37(24-29-40)43-31-25-36-15-9-10-18-42(36)48(43)38-16-7-4-8-17-38/h3-33H,1-2H3. The maximum atomic E-state index is 2.41. The normalized spacial score (nSPS) is 12.8. The monoisotopic (exact) mass is 639 g/mol. The van der Waals surface area contributed by atoms with Crippen molar-refractivity contribution in [2.24, 2.45) is 0 Å². The van der Waals surface area contributed by atoms with Crippen molar-refractivity contribution in [1.82, 2.24) is 0 Å². The summed E-state index contributed by atoms with van der Waals surface area (Å²) in [5.74, 6) is 0. The molecule has 1 heteroatoms. The van der Waals surface area contributed by atoms with E-state index in [0.717, 1.165) is 17.1 Å². The summed E-state index contributed by atoms with van der Waals surface area (Å²) < 4.78 is 0. The molecule has 1 nitrogen and oxygen atoms in total. The zero-order chi connectivity index (χ0) is 33.7. The maximum Gasteiger partial charge on any atom is 0.0465 e. The van der Waals surface area contributed by atoms with Crippen molar-refractivity contribution in [3.05, 3.63) is 199 Å². The summed E-state index contributed by atoms with van der Waals surface area (Å²) in [7, 11) is 0. The fourth-order valence-electron chi connectivity index (χ4n) is 7.93. The molecule has 0 aromatic heterocycles. The topological polar surface area (TPSA) is 3.24 Å². The Kier molecular flexibility index (Phi) is 7.21. The largest absolute Gasteiger partial charge is 0.310 e. The highest BCUT2D eigenvalue weighted by molar-refractivity contribution is 6.04. The summed E-state index contributed by atoms with van der Waals surface area (Å²) in [6.07, 6.45) is 0. The van der Waals surface area contributed by atoms with Gasteiger partial charge in [0.05, 0.1) is 0 Å². The van der Waals surface area contributed by atoms with Gasteiger partial charge in [-0.3, -0.25) is 0 Å². The first kappa shape index (κ1) is 29.9. The molecule has 9 rings (SSSR count). The van der Waals surface area contributed by atoms with E-state index in [0.29, 0.717) is 0 Å². The summed E-state index contributed by atoms with van der Waals surface area (Å²) in [4.78, 5) is 2.40. The molecule has 0 unspecified atom stereocenters. The fraction of sp³-hybridized carbons (Fsp3) is 0.0612. The molecule has 0 saturated heterocycles. The molecule has 0 aliphatic heterocycles. The lowest BCUT2D eigenvalue weighted by Crippen LogP contribution is -2.16. The van der Waals surface area contributed by atoms with Crippen molar-refractivity contribution in [1.29, 1.82) is 0 Å². The number of nitrogens with zero attached hydrogens (tertiary/aromatic N) is 1. The molecule has 0 fully saturated rings. The highest BCUT2D eigenvalue weighted by Crippen LogP contribution is 2.51. The van der Waals surface area contributed by atoms with Crippen LogP contribution in [0, 0.1) is 0 Å². The number of hydrogen-bond donors (Lipinski definition) is 0. The Hall–Kier alpha value is -6.18. The van der Waals surface area contributed by atoms with Gasteiger partial charge in [-0.1, -0.05) is 166 Å². The third-order valence-electron chi connectivity index (χ3n) is 10.5. The molecular weight excluding hydrogens is 603 g/mol. The number of anilines is 3. The van der Waals surface area contributed by atoms with Crippen molar-refractivity contribution in [3.8, 4) is 44.5 Å². The maximum absolute atomic E-state index is 2.41. The van der Waals surface area contributed by atoms with Crippen LogP contribution in [-0.2, 0) is 5.41 Å². The van der Waals surface area contributed by atoms with E-state index in [4.69, 9.17) is 0 Å². The van der Waals surface area contributed by atoms with Gasteiger partial charge in [0.15, 0.2) is 0 Å². The predicted octanol–water partition coefficient (Wildman–Crippen LogP) is 13.6. The van der Waals surface area contributed by atoms with Crippen LogP contribution in [0.1, 0.15) is 25.0 Å². The molecule has 0 saturated carbocycles. The zero-order valence-electron chi connectivity index (χ0n) is 28.3. The molecular formula is C49H37N. The number of fused-ring (bicyclic) bond motifs is 4. The number of rotatable bonds is 6. The minimum Gasteiger partial charge on any atom is -0.310 e. The van der Waals surface area contributed by atoms with E-state index in [9.17, 15) is 0 Å². The summed E-state index contributed by atoms with van der Waals surface area (Å²) in [5.41, 5.74) is 16.1. The van der Waals surface area contributed by atoms with Gasteiger partial charge < -0.3 is 4.90 Å². The molecule has 0 spiro atoms. The van der Waals surface area contributed by atoms with E-state index in [2.05, 4.69) is 207 Å². The van der Waals surface area contributed by atoms with Crippen LogP contribution < -0.4 is 4.90 Å². The van der Waals surface area contributed by atoms with Crippen molar-refractivity contribution in [2.75, 3.05) is 4.90 Å². The van der Waals surface area contributed by atoms with Crippen LogP contribution in [0.5, 0.6) is 0 Å². The average Bonchev–Trinajstić information content (AvgIpc) is 3.41. The Morgan fingerprint density at radius 2 is 0.880 bits per heavy atom. The van der Waals surface area contributed by atoms with Crippen LogP contribution in [0.2, 0.25) is 0 Å². The van der Waals surface area contributed by atoms with Gasteiger partial charge in [-0.25, -0.2) is 0 Å². The summed E-state index contributed by atoms with van der Waals surface area (Å²) in [6.45, 7) is 4.70. The molecule has 0 amide bonds. The second-order valence-electron chi connectivity index (χ2n) is 13.8. The Labute approximate surface area is 294 Å². The summed E-state index contributed by atoms with van der Waals surface area (Å²) in [5, 5.41) is 2.51. The average molecular weight is 640 g/mol. The number of benzene rings is 8. The van der Waals surface area contributed by atoms with Crippen molar-refractivity contribution in [2.45, 2.75) is 19.3 Å². The molecule has 0 bridgehead atoms. The smallest absolute Gasteiger partial charge is 0.0465 e. The van der Waals surface area contributed by atoms with Crippen molar-refractivity contribution < 1.29 is 0 Å². The minimum absolute atomic E-state index is 0.0848. The van der Waals surface area contributed by atoms with Crippen LogP contribution in [-0.4, -0.2) is 0 Å². The van der Waals surface area contributed by atoms with Crippen LogP contribution in [0.25, 0.3) is 55.3 Å². The lowest BCUT2D eigenvalue weighted by atomic mass is 9.82. The van der Waals surface area contributed by atoms with Crippen LogP contribution >= 0.6 is 0 Å². The highest BCUT2D eigenvalue weighted by Gasteiger charge is 2.35. The third kappa shape index (κ3) is 5.02. The molecule has 0 radical (unpaired) electrons. The fourth-order valence-corrected chi connectivity index (χ4v) is 7.93. The molecule has 0 N–H and O–H groups in total. The first-order valence-corrected chi connectivity index (χ1v) is 17.4. The van der Waals surface area contributed by atoms with Gasteiger partial charge in [-0.05, 0) is 103 Å². The van der Waals surface area contributed by atoms with E-state index >= 15 is 0 Å². The van der Waals surface area contributed by atoms with Gasteiger partial charge in [0.1, 0.15) is 0 Å². The van der Waals surface area contributed by atoms with Gasteiger partial charge in [-0.2, -0.15) is 0 Å². The zero-order valence-corrected chi connectivity index (χ0v) is 28.3. The van der Waals surface area contributed by atoms with Gasteiger partial charge >= 0.3 is 0 Å². The first-order chi connectivity index (χ1) is 24.6. The Bertz CT molecular complexity index is 2470. The van der Waals surface area contributed by atoms with E-state index in [1.165, 1.54) is 66.4 Å². The minimum atomic E-state index is -0.0848. The van der Waals surface area contributed by atoms with E-state index in [1.807, 2.05) is 0 Å². The van der Waals surface area contributed by atoms with Crippen LogP contribution in [0.15, 0.2) is 188 Å². The molecule has 238 valence electrons. The number of hydrogen-bond acceptors (Lipinski definition) is 1. The highest BCUT2D eigenvalue weighted by atomic mass is 15.1. The molecule has 1 aliphatic rings. The van der Waals surface area contributed by atoms with E-state index in [1.54, 1.807) is 0 Å². The molecule has 8 aromatic carbocycles. The predicted molar refractivity (Wildman–Crippen MR) is 213 cm³/mol. The molecule has 1 aliphatic carbocycles. The van der Waals surface area contributed by atoms with E-state index < -0.39 is 0 Å². The van der Waals surface area contributed by atoms with Gasteiger partial charge in [0, 0.05) is 22.5 Å². The quantitative estimate of drug-likeness (QED) is 0.175. The Balaban J connectivity index is 1.17. The molecule has 0 heterocycles. The van der Waals surface area contributed by atoms with Gasteiger partial charge in [-0.15, -0.1) is 0 Å². The molecule has 0 atom stereocenters. The summed E-state index contributed by atoms with van der Waals surface area (Å²) in [6, 6.07) is 68.5. The Morgan fingerprint density at radius 1 is 0.360 bits per heavy atom. The van der Waals surface area contributed by atoms with Gasteiger partial charge in [0.2, 0.25) is 0 Å². The second kappa shape index (κ2) is 12.1. The second-order valence-corrected chi connectivity index (χ2v) is 13.8. The van der Waals surface area contributed by atoms with Crippen LogP contribution in [0.4, 0.5) is 17.1 Å². The SMILES string of the molecule is CC1(C)c2ccccc2-c2ccc(N(c3ccc(-c4ccccc4)cc3)c3ccc(-c4ccc5ccccc5c4-c4ccccc4)cc3)cc21. The lowest BCUT2D eigenvalue weighted by molar-refractivity contribution is 0.660. The summed E-state index contributed by atoms with van der Waals surface area (Å²) >= 11 is 0. The van der Waals surface area contributed by atoms with Crippen LogP contribution in [0.3, 0.4) is 0 Å². The molecule has 8 aromatic rings. The van der Waals surface area contributed by atoms with Gasteiger partial charge in [0.25, 0.3) is 0 Å².